The van der Waals surface area contributed by atoms with Crippen LogP contribution in [0.5, 0.6) is 0 Å². The molecule has 0 atom stereocenters. The number of anilines is 1. The van der Waals surface area contributed by atoms with Gasteiger partial charge in [-0.2, -0.15) is 0 Å². The maximum atomic E-state index is 12.6. The second-order valence-corrected chi connectivity index (χ2v) is 6.55. The second-order valence-electron chi connectivity index (χ2n) is 5.24. The SMILES string of the molecule is O=C(Nc1cc(Cl)cc(Cl)c1)c1c[nH]c(=O)n(-c2ccc(Cl)cc2)c1=O. The van der Waals surface area contributed by atoms with Crippen molar-refractivity contribution in [2.24, 2.45) is 0 Å². The van der Waals surface area contributed by atoms with Crippen molar-refractivity contribution < 1.29 is 4.79 Å². The van der Waals surface area contributed by atoms with E-state index >= 15 is 0 Å². The number of hydrogen-bond acceptors (Lipinski definition) is 3. The number of H-pyrrole nitrogens is 1. The Kier molecular flexibility index (Phi) is 5.18. The fraction of sp³-hybridized carbons (Fsp3) is 0. The number of aromatic nitrogens is 2. The zero-order valence-corrected chi connectivity index (χ0v) is 15.2. The third kappa shape index (κ3) is 3.83. The van der Waals surface area contributed by atoms with E-state index < -0.39 is 17.2 Å². The average Bonchev–Trinajstić information content (AvgIpc) is 2.55. The first-order chi connectivity index (χ1) is 12.3. The highest BCUT2D eigenvalue weighted by atomic mass is 35.5. The number of hydrogen-bond donors (Lipinski definition) is 2. The molecule has 1 amide bonds. The van der Waals surface area contributed by atoms with Crippen molar-refractivity contribution in [2.45, 2.75) is 0 Å². The zero-order valence-electron chi connectivity index (χ0n) is 12.9. The summed E-state index contributed by atoms with van der Waals surface area (Å²) < 4.78 is 0.843. The van der Waals surface area contributed by atoms with Crippen LogP contribution in [0.1, 0.15) is 10.4 Å². The second kappa shape index (κ2) is 7.37. The molecule has 0 saturated carbocycles. The molecule has 0 spiro atoms. The number of carbonyl (C=O) groups is 1. The Morgan fingerprint density at radius 2 is 1.54 bits per heavy atom. The Labute approximate surface area is 162 Å². The van der Waals surface area contributed by atoms with Gasteiger partial charge in [0.1, 0.15) is 5.56 Å². The number of aromatic amines is 1. The number of carbonyl (C=O) groups excluding carboxylic acids is 1. The van der Waals surface area contributed by atoms with E-state index in [9.17, 15) is 14.4 Å². The van der Waals surface area contributed by atoms with Crippen LogP contribution in [-0.4, -0.2) is 15.5 Å². The lowest BCUT2D eigenvalue weighted by Gasteiger charge is -2.09. The van der Waals surface area contributed by atoms with Crippen molar-refractivity contribution in [3.8, 4) is 5.69 Å². The summed E-state index contributed by atoms with van der Waals surface area (Å²) >= 11 is 17.6. The average molecular weight is 411 g/mol. The Hall–Kier alpha value is -2.54. The van der Waals surface area contributed by atoms with Crippen LogP contribution in [0.25, 0.3) is 5.69 Å². The fourth-order valence-electron chi connectivity index (χ4n) is 2.28. The van der Waals surface area contributed by atoms with Gasteiger partial charge in [-0.1, -0.05) is 34.8 Å². The molecule has 26 heavy (non-hydrogen) atoms. The van der Waals surface area contributed by atoms with Gasteiger partial charge in [0, 0.05) is 27.0 Å². The molecule has 3 aromatic rings. The molecule has 0 bridgehead atoms. The molecule has 0 aliphatic heterocycles. The lowest BCUT2D eigenvalue weighted by Crippen LogP contribution is -2.38. The summed E-state index contributed by atoms with van der Waals surface area (Å²) in [6.45, 7) is 0. The molecule has 9 heteroatoms. The van der Waals surface area contributed by atoms with Gasteiger partial charge in [-0.15, -0.1) is 0 Å². The normalized spacial score (nSPS) is 10.6. The smallest absolute Gasteiger partial charge is 0.322 e. The van der Waals surface area contributed by atoms with Gasteiger partial charge in [0.2, 0.25) is 0 Å². The molecule has 1 heterocycles. The van der Waals surface area contributed by atoms with E-state index in [1.165, 1.54) is 42.5 Å². The highest BCUT2D eigenvalue weighted by Gasteiger charge is 2.16. The molecule has 0 fully saturated rings. The van der Waals surface area contributed by atoms with E-state index in [4.69, 9.17) is 34.8 Å². The van der Waals surface area contributed by atoms with E-state index in [0.29, 0.717) is 20.8 Å². The molecule has 1 aromatic heterocycles. The Bertz CT molecular complexity index is 1080. The van der Waals surface area contributed by atoms with E-state index in [0.717, 1.165) is 10.8 Å². The predicted octanol–water partition coefficient (Wildman–Crippen LogP) is 3.74. The summed E-state index contributed by atoms with van der Waals surface area (Å²) in [7, 11) is 0. The molecule has 0 radical (unpaired) electrons. The van der Waals surface area contributed by atoms with Crippen molar-refractivity contribution in [3.05, 3.63) is 90.1 Å². The quantitative estimate of drug-likeness (QED) is 0.690. The molecule has 0 unspecified atom stereocenters. The van der Waals surface area contributed by atoms with Crippen LogP contribution < -0.4 is 16.6 Å². The monoisotopic (exact) mass is 409 g/mol. The molecular weight excluding hydrogens is 401 g/mol. The number of halogens is 3. The predicted molar refractivity (Wildman–Crippen MR) is 102 cm³/mol. The highest BCUT2D eigenvalue weighted by molar-refractivity contribution is 6.35. The zero-order chi connectivity index (χ0) is 18.8. The first-order valence-electron chi connectivity index (χ1n) is 7.23. The summed E-state index contributed by atoms with van der Waals surface area (Å²) in [6.07, 6.45) is 1.05. The number of benzene rings is 2. The maximum absolute atomic E-state index is 12.6. The van der Waals surface area contributed by atoms with Crippen LogP contribution in [-0.2, 0) is 0 Å². The molecule has 132 valence electrons. The van der Waals surface area contributed by atoms with Crippen molar-refractivity contribution >= 4 is 46.4 Å². The van der Waals surface area contributed by atoms with Crippen LogP contribution in [0.2, 0.25) is 15.1 Å². The minimum absolute atomic E-state index is 0.254. The molecule has 0 saturated heterocycles. The van der Waals surface area contributed by atoms with E-state index in [1.807, 2.05) is 0 Å². The lowest BCUT2D eigenvalue weighted by atomic mass is 10.2. The van der Waals surface area contributed by atoms with Crippen LogP contribution in [0.3, 0.4) is 0 Å². The van der Waals surface area contributed by atoms with E-state index in [-0.39, 0.29) is 11.3 Å². The number of nitrogens with zero attached hydrogens (tertiary/aromatic N) is 1. The summed E-state index contributed by atoms with van der Waals surface area (Å²) in [5.41, 5.74) is -1.12. The van der Waals surface area contributed by atoms with Gasteiger partial charge in [0.05, 0.1) is 5.69 Å². The molecular formula is C17H10Cl3N3O3. The van der Waals surface area contributed by atoms with Gasteiger partial charge in [-0.05, 0) is 42.5 Å². The van der Waals surface area contributed by atoms with Crippen molar-refractivity contribution in [1.29, 1.82) is 0 Å². The number of rotatable bonds is 3. The van der Waals surface area contributed by atoms with E-state index in [1.54, 1.807) is 0 Å². The standard InChI is InChI=1S/C17H10Cl3N3O3/c18-9-1-3-13(4-2-9)23-16(25)14(8-21-17(23)26)15(24)22-12-6-10(19)5-11(20)7-12/h1-8H,(H,21,26)(H,22,24). The summed E-state index contributed by atoms with van der Waals surface area (Å²) in [4.78, 5) is 39.5. The van der Waals surface area contributed by atoms with Crippen molar-refractivity contribution in [1.82, 2.24) is 9.55 Å². The summed E-state index contributed by atoms with van der Waals surface area (Å²) in [5.74, 6) is -0.715. The van der Waals surface area contributed by atoms with Gasteiger partial charge in [0.15, 0.2) is 0 Å². The molecule has 3 rings (SSSR count). The van der Waals surface area contributed by atoms with E-state index in [2.05, 4.69) is 10.3 Å². The van der Waals surface area contributed by atoms with Gasteiger partial charge >= 0.3 is 5.69 Å². The molecule has 2 N–H and O–H groups in total. The largest absolute Gasteiger partial charge is 0.333 e. The van der Waals surface area contributed by atoms with Crippen molar-refractivity contribution in [3.63, 3.8) is 0 Å². The maximum Gasteiger partial charge on any atom is 0.333 e. The Morgan fingerprint density at radius 1 is 0.923 bits per heavy atom. The Balaban J connectivity index is 2.02. The number of nitrogens with one attached hydrogen (secondary N) is 2. The first kappa shape index (κ1) is 18.3. The third-order valence-electron chi connectivity index (χ3n) is 3.43. The minimum atomic E-state index is -0.776. The number of amides is 1. The summed E-state index contributed by atoms with van der Waals surface area (Å²) in [5, 5.41) is 3.63. The fourth-order valence-corrected chi connectivity index (χ4v) is 2.94. The molecule has 6 nitrogen and oxygen atoms in total. The van der Waals surface area contributed by atoms with Gasteiger partial charge in [0.25, 0.3) is 11.5 Å². The minimum Gasteiger partial charge on any atom is -0.322 e. The highest BCUT2D eigenvalue weighted by Crippen LogP contribution is 2.22. The van der Waals surface area contributed by atoms with Crippen LogP contribution in [0.15, 0.2) is 58.3 Å². The van der Waals surface area contributed by atoms with Crippen LogP contribution in [0, 0.1) is 0 Å². The molecule has 0 aliphatic rings. The van der Waals surface area contributed by atoms with Crippen LogP contribution in [0.4, 0.5) is 5.69 Å². The topological polar surface area (TPSA) is 84.0 Å². The first-order valence-corrected chi connectivity index (χ1v) is 8.36. The molecule has 2 aromatic carbocycles. The molecule has 0 aliphatic carbocycles. The van der Waals surface area contributed by atoms with Gasteiger partial charge < -0.3 is 10.3 Å². The Morgan fingerprint density at radius 3 is 2.15 bits per heavy atom. The van der Waals surface area contributed by atoms with Gasteiger partial charge in [-0.3, -0.25) is 9.59 Å². The van der Waals surface area contributed by atoms with Crippen LogP contribution >= 0.6 is 34.8 Å². The van der Waals surface area contributed by atoms with Gasteiger partial charge in [-0.25, -0.2) is 9.36 Å². The summed E-state index contributed by atoms with van der Waals surface area (Å²) in [6, 6.07) is 10.5. The van der Waals surface area contributed by atoms with Crippen molar-refractivity contribution in [2.75, 3.05) is 5.32 Å². The lowest BCUT2D eigenvalue weighted by molar-refractivity contribution is 0.102. The third-order valence-corrected chi connectivity index (χ3v) is 4.11.